The Bertz CT molecular complexity index is 396. The fraction of sp³-hybridized carbons (Fsp3) is 0.667. The molecule has 0 radical (unpaired) electrons. The van der Waals surface area contributed by atoms with Crippen LogP contribution in [0.2, 0.25) is 5.02 Å². The third kappa shape index (κ3) is 2.63. The molecule has 3 unspecified atom stereocenters. The molecular formula is C12H19ClN4. The maximum atomic E-state index is 6.10. The maximum absolute atomic E-state index is 6.10. The van der Waals surface area contributed by atoms with Gasteiger partial charge in [-0.1, -0.05) is 25.4 Å². The number of hydrogen-bond acceptors (Lipinski definition) is 4. The number of halogens is 1. The van der Waals surface area contributed by atoms with Gasteiger partial charge in [-0.3, -0.25) is 0 Å². The van der Waals surface area contributed by atoms with Crippen molar-refractivity contribution < 1.29 is 0 Å². The Morgan fingerprint density at radius 2 is 2.12 bits per heavy atom. The molecule has 0 bridgehead atoms. The van der Waals surface area contributed by atoms with Crippen molar-refractivity contribution in [2.75, 3.05) is 17.7 Å². The summed E-state index contributed by atoms with van der Waals surface area (Å²) in [7, 11) is 1.80. The van der Waals surface area contributed by atoms with Gasteiger partial charge in [0.25, 0.3) is 0 Å². The van der Waals surface area contributed by atoms with Gasteiger partial charge in [-0.15, -0.1) is 0 Å². The van der Waals surface area contributed by atoms with Crippen LogP contribution in [0.5, 0.6) is 0 Å². The molecule has 4 nitrogen and oxygen atoms in total. The van der Waals surface area contributed by atoms with E-state index in [2.05, 4.69) is 34.4 Å². The largest absolute Gasteiger partial charge is 0.366 e. The fourth-order valence-electron chi connectivity index (χ4n) is 2.33. The average molecular weight is 255 g/mol. The molecule has 1 aromatic rings. The van der Waals surface area contributed by atoms with Crippen molar-refractivity contribution in [1.29, 1.82) is 0 Å². The summed E-state index contributed by atoms with van der Waals surface area (Å²) >= 11 is 6.10. The molecule has 2 rings (SSSR count). The van der Waals surface area contributed by atoms with Gasteiger partial charge in [-0.25, -0.2) is 4.98 Å². The summed E-state index contributed by atoms with van der Waals surface area (Å²) in [5.41, 5.74) is 0. The first-order valence-corrected chi connectivity index (χ1v) is 6.46. The molecule has 5 heteroatoms. The van der Waals surface area contributed by atoms with E-state index < -0.39 is 0 Å². The van der Waals surface area contributed by atoms with Crippen LogP contribution in [0.4, 0.5) is 11.8 Å². The Hall–Kier alpha value is -1.03. The summed E-state index contributed by atoms with van der Waals surface area (Å²) < 4.78 is 0. The quantitative estimate of drug-likeness (QED) is 0.871. The van der Waals surface area contributed by atoms with Crippen LogP contribution < -0.4 is 10.6 Å². The third-order valence-electron chi connectivity index (χ3n) is 3.76. The van der Waals surface area contributed by atoms with Crippen molar-refractivity contribution >= 4 is 23.4 Å². The molecule has 0 amide bonds. The van der Waals surface area contributed by atoms with Gasteiger partial charge in [-0.2, -0.15) is 4.98 Å². The molecule has 94 valence electrons. The van der Waals surface area contributed by atoms with Gasteiger partial charge in [-0.05, 0) is 24.7 Å². The first kappa shape index (κ1) is 12.4. The van der Waals surface area contributed by atoms with Gasteiger partial charge in [0.1, 0.15) is 5.02 Å². The van der Waals surface area contributed by atoms with E-state index in [-0.39, 0.29) is 0 Å². The maximum Gasteiger partial charge on any atom is 0.224 e. The topological polar surface area (TPSA) is 49.8 Å². The lowest BCUT2D eigenvalue weighted by Gasteiger charge is -2.20. The van der Waals surface area contributed by atoms with Crippen LogP contribution >= 0.6 is 11.6 Å². The summed E-state index contributed by atoms with van der Waals surface area (Å²) in [6.45, 7) is 4.58. The Labute approximate surface area is 107 Å². The van der Waals surface area contributed by atoms with Crippen LogP contribution in [0, 0.1) is 11.8 Å². The second-order valence-corrected chi connectivity index (χ2v) is 5.21. The zero-order valence-corrected chi connectivity index (χ0v) is 11.3. The van der Waals surface area contributed by atoms with Crippen LogP contribution in [0.1, 0.15) is 26.7 Å². The molecule has 0 saturated heterocycles. The van der Waals surface area contributed by atoms with E-state index in [0.717, 1.165) is 11.7 Å². The smallest absolute Gasteiger partial charge is 0.224 e. The van der Waals surface area contributed by atoms with Crippen molar-refractivity contribution in [2.45, 2.75) is 32.7 Å². The number of nitrogens with zero attached hydrogens (tertiary/aromatic N) is 2. The summed E-state index contributed by atoms with van der Waals surface area (Å²) in [5, 5.41) is 6.94. The van der Waals surface area contributed by atoms with Gasteiger partial charge in [0.2, 0.25) is 5.95 Å². The van der Waals surface area contributed by atoms with Gasteiger partial charge >= 0.3 is 0 Å². The van der Waals surface area contributed by atoms with Crippen LogP contribution in [-0.4, -0.2) is 23.1 Å². The summed E-state index contributed by atoms with van der Waals surface area (Å²) in [6, 6.07) is 0.460. The summed E-state index contributed by atoms with van der Waals surface area (Å²) in [6.07, 6.45) is 4.07. The molecule has 1 saturated carbocycles. The van der Waals surface area contributed by atoms with Crippen LogP contribution in [0.15, 0.2) is 6.20 Å². The van der Waals surface area contributed by atoms with E-state index in [1.54, 1.807) is 13.2 Å². The lowest BCUT2D eigenvalue weighted by Crippen LogP contribution is -2.25. The lowest BCUT2D eigenvalue weighted by molar-refractivity contribution is 0.435. The molecule has 1 fully saturated rings. The Morgan fingerprint density at radius 3 is 2.71 bits per heavy atom. The van der Waals surface area contributed by atoms with Crippen molar-refractivity contribution in [1.82, 2.24) is 9.97 Å². The molecule has 0 aromatic carbocycles. The highest BCUT2D eigenvalue weighted by atomic mass is 35.5. The highest BCUT2D eigenvalue weighted by Crippen LogP contribution is 2.34. The highest BCUT2D eigenvalue weighted by molar-refractivity contribution is 6.32. The SMILES string of the molecule is CNc1ncc(Cl)c(NC2CCC(C)C2C)n1. The molecule has 17 heavy (non-hydrogen) atoms. The van der Waals surface area contributed by atoms with E-state index in [4.69, 9.17) is 11.6 Å². The van der Waals surface area contributed by atoms with Gasteiger partial charge in [0, 0.05) is 13.1 Å². The van der Waals surface area contributed by atoms with Gasteiger partial charge in [0.15, 0.2) is 5.82 Å². The van der Waals surface area contributed by atoms with E-state index in [0.29, 0.717) is 22.9 Å². The van der Waals surface area contributed by atoms with E-state index in [1.165, 1.54) is 12.8 Å². The zero-order valence-electron chi connectivity index (χ0n) is 10.5. The minimum absolute atomic E-state index is 0.460. The number of hydrogen-bond donors (Lipinski definition) is 2. The molecular weight excluding hydrogens is 236 g/mol. The Balaban J connectivity index is 2.13. The normalized spacial score (nSPS) is 28.1. The second kappa shape index (κ2) is 5.08. The van der Waals surface area contributed by atoms with Crippen molar-refractivity contribution in [3.63, 3.8) is 0 Å². The molecule has 2 N–H and O–H groups in total. The number of aromatic nitrogens is 2. The number of nitrogens with one attached hydrogen (secondary N) is 2. The van der Waals surface area contributed by atoms with Crippen molar-refractivity contribution in [3.05, 3.63) is 11.2 Å². The predicted octanol–water partition coefficient (Wildman–Crippen LogP) is 3.02. The molecule has 1 aromatic heterocycles. The summed E-state index contributed by atoms with van der Waals surface area (Å²) in [4.78, 5) is 8.42. The molecule has 0 aliphatic heterocycles. The number of rotatable bonds is 3. The van der Waals surface area contributed by atoms with Crippen LogP contribution in [0.3, 0.4) is 0 Å². The lowest BCUT2D eigenvalue weighted by atomic mass is 9.98. The second-order valence-electron chi connectivity index (χ2n) is 4.80. The molecule has 0 spiro atoms. The molecule has 1 heterocycles. The first-order valence-electron chi connectivity index (χ1n) is 6.08. The minimum Gasteiger partial charge on any atom is -0.366 e. The Kier molecular flexibility index (Phi) is 3.72. The first-order chi connectivity index (χ1) is 8.11. The van der Waals surface area contributed by atoms with Crippen LogP contribution in [0.25, 0.3) is 0 Å². The predicted molar refractivity (Wildman–Crippen MR) is 71.6 cm³/mol. The Morgan fingerprint density at radius 1 is 1.35 bits per heavy atom. The number of anilines is 2. The monoisotopic (exact) mass is 254 g/mol. The average Bonchev–Trinajstić information content (AvgIpc) is 2.64. The third-order valence-corrected chi connectivity index (χ3v) is 4.03. The minimum atomic E-state index is 0.460. The van der Waals surface area contributed by atoms with E-state index in [9.17, 15) is 0 Å². The summed E-state index contributed by atoms with van der Waals surface area (Å²) in [5.74, 6) is 2.74. The fourth-order valence-corrected chi connectivity index (χ4v) is 2.48. The molecule has 3 atom stereocenters. The van der Waals surface area contributed by atoms with Crippen molar-refractivity contribution in [3.8, 4) is 0 Å². The molecule has 1 aliphatic carbocycles. The van der Waals surface area contributed by atoms with Crippen LogP contribution in [-0.2, 0) is 0 Å². The zero-order chi connectivity index (χ0) is 12.4. The van der Waals surface area contributed by atoms with Gasteiger partial charge < -0.3 is 10.6 Å². The van der Waals surface area contributed by atoms with Crippen molar-refractivity contribution in [2.24, 2.45) is 11.8 Å². The van der Waals surface area contributed by atoms with E-state index >= 15 is 0 Å². The van der Waals surface area contributed by atoms with Gasteiger partial charge in [0.05, 0.1) is 6.20 Å². The molecule has 1 aliphatic rings. The highest BCUT2D eigenvalue weighted by Gasteiger charge is 2.30. The standard InChI is InChI=1S/C12H19ClN4/c1-7-4-5-10(8(7)2)16-11-9(13)6-15-12(14-3)17-11/h6-8,10H,4-5H2,1-3H3,(H2,14,15,16,17). The van der Waals surface area contributed by atoms with E-state index in [1.807, 2.05) is 0 Å².